The Morgan fingerprint density at radius 3 is 2.15 bits per heavy atom. The van der Waals surface area contributed by atoms with Crippen molar-refractivity contribution in [1.29, 1.82) is 0 Å². The van der Waals surface area contributed by atoms with Crippen LogP contribution in [-0.2, 0) is 36.7 Å². The zero-order chi connectivity index (χ0) is 39.6. The van der Waals surface area contributed by atoms with Crippen molar-refractivity contribution < 1.29 is 34.4 Å². The van der Waals surface area contributed by atoms with Crippen molar-refractivity contribution in [3.63, 3.8) is 0 Å². The Labute approximate surface area is 347 Å². The van der Waals surface area contributed by atoms with E-state index < -0.39 is 0 Å². The number of aromatic nitrogens is 1. The summed E-state index contributed by atoms with van der Waals surface area (Å²) in [5.41, 5.74) is 7.04. The van der Waals surface area contributed by atoms with Gasteiger partial charge in [0.2, 0.25) is 5.71 Å². The summed E-state index contributed by atoms with van der Waals surface area (Å²) >= 11 is 1.84. The van der Waals surface area contributed by atoms with Crippen LogP contribution in [0.4, 0.5) is 0 Å². The molecule has 0 saturated heterocycles. The van der Waals surface area contributed by atoms with E-state index in [0.29, 0.717) is 11.6 Å². The van der Waals surface area contributed by atoms with Crippen LogP contribution in [0, 0.1) is 29.7 Å². The van der Waals surface area contributed by atoms with Crippen molar-refractivity contribution in [2.24, 2.45) is 16.7 Å². The number of rotatable bonds is 11. The number of fused-ring (bicyclic) bond motifs is 3. The van der Waals surface area contributed by atoms with Crippen LogP contribution in [0.3, 0.4) is 0 Å². The molecule has 0 aliphatic rings. The van der Waals surface area contributed by atoms with E-state index in [1.165, 1.54) is 38.2 Å². The van der Waals surface area contributed by atoms with Crippen LogP contribution in [0.2, 0.25) is 0 Å². The van der Waals surface area contributed by atoms with Crippen molar-refractivity contribution >= 4 is 49.1 Å². The molecule has 1 N–H and O–H groups in total. The van der Waals surface area contributed by atoms with Gasteiger partial charge in [-0.3, -0.25) is 9.78 Å². The summed E-state index contributed by atoms with van der Waals surface area (Å²) in [6.45, 7) is 25.4. The average molecular weight is 935 g/mol. The zero-order valence-corrected chi connectivity index (χ0v) is 38.2. The third-order valence-electron chi connectivity index (χ3n) is 11.7. The van der Waals surface area contributed by atoms with Crippen LogP contribution in [0.1, 0.15) is 119 Å². The number of allylic oxidation sites excluding steroid dienone is 2. The number of carbonyl (C=O) groups is 1. The van der Waals surface area contributed by atoms with Gasteiger partial charge in [0, 0.05) is 52.8 Å². The first-order valence-electron chi connectivity index (χ1n) is 19.8. The van der Waals surface area contributed by atoms with Crippen LogP contribution in [0.25, 0.3) is 54.3 Å². The van der Waals surface area contributed by atoms with Gasteiger partial charge in [0.1, 0.15) is 11.5 Å². The Bertz CT molecular complexity index is 2290. The van der Waals surface area contributed by atoms with Gasteiger partial charge in [0.05, 0.1) is 0 Å². The largest absolute Gasteiger partial charge is 0.512 e. The molecule has 0 bridgehead atoms. The molecule has 0 aliphatic carbocycles. The molecule has 0 amide bonds. The van der Waals surface area contributed by atoms with E-state index in [1.54, 1.807) is 0 Å². The van der Waals surface area contributed by atoms with Gasteiger partial charge < -0.3 is 9.52 Å². The summed E-state index contributed by atoms with van der Waals surface area (Å²) in [5, 5.41) is 17.2. The van der Waals surface area contributed by atoms with Crippen LogP contribution in [0.15, 0.2) is 82.3 Å². The van der Waals surface area contributed by atoms with E-state index in [2.05, 4.69) is 107 Å². The number of ketones is 1. The second kappa shape index (κ2) is 17.7. The SMILES string of the molecule is CCC(C)(CC)C(=O)/C=C(\O)C(C)(CC)CC.Cc1cc2c(-c3ccc4c(CC(C)C)csc4c3)cc(-c3[c-]c4ccccc4c(C(C)(C)C)c3)nc2o1.[Ir]. The maximum atomic E-state index is 12.2. The fraction of sp³-hybridized carbons (Fsp3) is 0.429. The van der Waals surface area contributed by atoms with Gasteiger partial charge >= 0.3 is 0 Å². The minimum absolute atomic E-state index is 0. The monoisotopic (exact) mass is 935 g/mol. The molecule has 0 fully saturated rings. The molecular weight excluding hydrogens is 875 g/mol. The summed E-state index contributed by atoms with van der Waals surface area (Å²) in [6.07, 6.45) is 5.86. The number of pyridine rings is 1. The Kier molecular flexibility index (Phi) is 14.2. The van der Waals surface area contributed by atoms with Crippen LogP contribution in [-0.4, -0.2) is 15.9 Å². The Morgan fingerprint density at radius 2 is 1.53 bits per heavy atom. The third kappa shape index (κ3) is 9.53. The first-order valence-corrected chi connectivity index (χ1v) is 20.7. The summed E-state index contributed by atoms with van der Waals surface area (Å²) in [7, 11) is 0. The molecule has 0 aliphatic heterocycles. The minimum atomic E-state index is -0.337. The Morgan fingerprint density at radius 1 is 0.873 bits per heavy atom. The standard InChI is InChI=1S/C34H32NOS.C15H28O2.Ir/c1-20(2)13-25-19-37-32-17-23(11-12-27(25)32)28-18-31(35-33-29(28)14-21(3)36-33)24-15-22-9-7-8-10-26(22)30(16-24)34(4,5)6;1-7-14(5,8-2)12(16)11-13(17)15(6,9-3)10-4;/h7-12,14,16-20H,13H2,1-6H3;11,16H,7-10H2,1-6H3;/q-1;;/b;12-11-;. The van der Waals surface area contributed by atoms with Crippen molar-refractivity contribution in [1.82, 2.24) is 4.98 Å². The van der Waals surface area contributed by atoms with Gasteiger partial charge in [-0.1, -0.05) is 124 Å². The smallest absolute Gasteiger partial charge is 0.219 e. The summed E-state index contributed by atoms with van der Waals surface area (Å²) < 4.78 is 7.42. The number of carbonyl (C=O) groups excluding carboxylic acids is 1. The molecule has 6 aromatic rings. The van der Waals surface area contributed by atoms with E-state index >= 15 is 0 Å². The van der Waals surface area contributed by atoms with Crippen molar-refractivity contribution in [3.05, 3.63) is 101 Å². The van der Waals surface area contributed by atoms with Crippen LogP contribution in [0.5, 0.6) is 0 Å². The molecule has 6 heteroatoms. The molecule has 0 unspecified atom stereocenters. The molecule has 0 atom stereocenters. The molecule has 6 rings (SSSR count). The number of aryl methyl sites for hydroxylation is 1. The number of aliphatic hydroxyl groups excluding tert-OH is 1. The van der Waals surface area contributed by atoms with Crippen LogP contribution < -0.4 is 0 Å². The molecule has 3 aromatic carbocycles. The summed E-state index contributed by atoms with van der Waals surface area (Å²) in [5.74, 6) is 1.80. The molecular formula is C49H60IrNO3S-. The topological polar surface area (TPSA) is 63.3 Å². The number of nitrogens with zero attached hydrogens (tertiary/aromatic N) is 1. The Hall–Kier alpha value is -3.57. The molecule has 0 saturated carbocycles. The quantitative estimate of drug-likeness (QED) is 0.0799. The van der Waals surface area contributed by atoms with Gasteiger partial charge in [0.15, 0.2) is 5.78 Å². The molecule has 4 nitrogen and oxygen atoms in total. The van der Waals surface area contributed by atoms with Crippen molar-refractivity contribution in [2.75, 3.05) is 0 Å². The fourth-order valence-corrected chi connectivity index (χ4v) is 8.05. The van der Waals surface area contributed by atoms with E-state index in [4.69, 9.17) is 9.40 Å². The van der Waals surface area contributed by atoms with Gasteiger partial charge in [-0.2, -0.15) is 0 Å². The first-order chi connectivity index (χ1) is 25.5. The molecule has 1 radical (unpaired) electrons. The Balaban J connectivity index is 0.000000320. The van der Waals surface area contributed by atoms with Crippen molar-refractivity contribution in [2.45, 2.75) is 121 Å². The van der Waals surface area contributed by atoms with E-state index in [-0.39, 0.29) is 47.9 Å². The zero-order valence-electron chi connectivity index (χ0n) is 35.0. The number of aliphatic hydroxyl groups is 1. The number of hydrogen-bond donors (Lipinski definition) is 1. The van der Waals surface area contributed by atoms with Crippen molar-refractivity contribution in [3.8, 4) is 22.4 Å². The maximum absolute atomic E-state index is 12.2. The van der Waals surface area contributed by atoms with Gasteiger partial charge in [-0.25, -0.2) is 0 Å². The number of furan rings is 1. The first kappa shape index (κ1) is 44.1. The van der Waals surface area contributed by atoms with Gasteiger partial charge in [-0.15, -0.1) is 40.5 Å². The molecule has 3 heterocycles. The van der Waals surface area contributed by atoms with E-state index in [0.717, 1.165) is 65.5 Å². The van der Waals surface area contributed by atoms with Crippen LogP contribution >= 0.6 is 11.3 Å². The summed E-state index contributed by atoms with van der Waals surface area (Å²) in [4.78, 5) is 17.2. The minimum Gasteiger partial charge on any atom is -0.512 e. The fourth-order valence-electron chi connectivity index (χ4n) is 7.03. The van der Waals surface area contributed by atoms with E-state index in [1.807, 2.05) is 59.8 Å². The predicted octanol–water partition coefficient (Wildman–Crippen LogP) is 14.8. The molecule has 0 spiro atoms. The predicted molar refractivity (Wildman–Crippen MR) is 232 cm³/mol. The number of benzene rings is 3. The normalized spacial score (nSPS) is 12.6. The number of hydrogen-bond acceptors (Lipinski definition) is 5. The average Bonchev–Trinajstić information content (AvgIpc) is 3.74. The molecule has 3 aromatic heterocycles. The third-order valence-corrected chi connectivity index (χ3v) is 12.7. The maximum Gasteiger partial charge on any atom is 0.219 e. The summed E-state index contributed by atoms with van der Waals surface area (Å²) in [6, 6.07) is 25.6. The molecule has 55 heavy (non-hydrogen) atoms. The van der Waals surface area contributed by atoms with E-state index in [9.17, 15) is 9.90 Å². The van der Waals surface area contributed by atoms with Gasteiger partial charge in [-0.05, 0) is 90.0 Å². The second-order valence-corrected chi connectivity index (χ2v) is 17.9. The van der Waals surface area contributed by atoms with Gasteiger partial charge in [0.25, 0.3) is 0 Å². The molecule has 295 valence electrons. The number of thiophene rings is 1. The second-order valence-electron chi connectivity index (χ2n) is 17.0.